The molecule has 1 atom stereocenters. The van der Waals surface area contributed by atoms with Crippen LogP contribution in [0, 0.1) is 13.8 Å². The molecule has 0 bridgehead atoms. The van der Waals surface area contributed by atoms with Gasteiger partial charge in [0.2, 0.25) is 5.91 Å². The Morgan fingerprint density at radius 3 is 2.23 bits per heavy atom. The van der Waals surface area contributed by atoms with Gasteiger partial charge in [0.1, 0.15) is 10.9 Å². The summed E-state index contributed by atoms with van der Waals surface area (Å²) in [5.41, 5.74) is 16.1. The molecule has 0 fully saturated rings. The molecule has 1 heterocycles. The first-order valence-corrected chi connectivity index (χ1v) is 13.4. The third kappa shape index (κ3) is 5.97. The summed E-state index contributed by atoms with van der Waals surface area (Å²) >= 11 is 0.780. The minimum absolute atomic E-state index is 0.0274. The molecule has 4 aromatic rings. The lowest BCUT2D eigenvalue weighted by molar-refractivity contribution is -0.122. The lowest BCUT2D eigenvalue weighted by Crippen LogP contribution is -2.44. The molecule has 1 aromatic heterocycles. The van der Waals surface area contributed by atoms with Crippen LogP contribution >= 0.6 is 11.5 Å². The summed E-state index contributed by atoms with van der Waals surface area (Å²) in [7, 11) is 3.85. The van der Waals surface area contributed by atoms with Crippen molar-refractivity contribution in [1.82, 2.24) is 9.69 Å². The summed E-state index contributed by atoms with van der Waals surface area (Å²) in [5.74, 6) is -1.78. The Bertz CT molecular complexity index is 1530. The van der Waals surface area contributed by atoms with E-state index in [1.54, 1.807) is 6.07 Å². The van der Waals surface area contributed by atoms with Crippen LogP contribution in [0.2, 0.25) is 0 Å². The molecule has 4 rings (SSSR count). The van der Waals surface area contributed by atoms with E-state index in [0.717, 1.165) is 33.9 Å². The molecule has 3 aromatic carbocycles. The Kier molecular flexibility index (Phi) is 8.49. The van der Waals surface area contributed by atoms with Gasteiger partial charge < -0.3 is 21.7 Å². The highest BCUT2D eigenvalue weighted by molar-refractivity contribution is 7.09. The maximum Gasteiger partial charge on any atom is 0.273 e. The van der Waals surface area contributed by atoms with Crippen LogP contribution in [0.25, 0.3) is 0 Å². The Labute approximate surface area is 237 Å². The number of amides is 3. The number of carbonyl (C=O) groups excluding carboxylic acids is 3. The van der Waals surface area contributed by atoms with E-state index in [9.17, 15) is 14.4 Å². The Balaban J connectivity index is 1.87. The molecule has 0 aliphatic heterocycles. The first-order chi connectivity index (χ1) is 19.1. The first-order valence-electron chi connectivity index (χ1n) is 12.6. The van der Waals surface area contributed by atoms with Crippen molar-refractivity contribution in [2.45, 2.75) is 26.4 Å². The Morgan fingerprint density at radius 1 is 0.975 bits per heavy atom. The van der Waals surface area contributed by atoms with Gasteiger partial charge in [-0.2, -0.15) is 4.37 Å². The van der Waals surface area contributed by atoms with Gasteiger partial charge in [-0.1, -0.05) is 60.2 Å². The summed E-state index contributed by atoms with van der Waals surface area (Å²) in [6.07, 6.45) is 0. The molecule has 0 spiro atoms. The van der Waals surface area contributed by atoms with Crippen molar-refractivity contribution in [3.63, 3.8) is 0 Å². The molecule has 10 heteroatoms. The van der Waals surface area contributed by atoms with Crippen LogP contribution < -0.4 is 26.6 Å². The molecule has 1 unspecified atom stereocenters. The highest BCUT2D eigenvalue weighted by atomic mass is 32.1. The molecule has 0 radical (unpaired) electrons. The van der Waals surface area contributed by atoms with Crippen LogP contribution in [0.3, 0.4) is 0 Å². The molecule has 5 N–H and O–H groups in total. The Hall–Kier alpha value is -4.70. The van der Waals surface area contributed by atoms with Crippen molar-refractivity contribution < 1.29 is 14.4 Å². The lowest BCUT2D eigenvalue weighted by Gasteiger charge is -2.32. The third-order valence-corrected chi connectivity index (χ3v) is 7.38. The quantitative estimate of drug-likeness (QED) is 0.283. The fourth-order valence-corrected chi connectivity index (χ4v) is 5.18. The summed E-state index contributed by atoms with van der Waals surface area (Å²) < 4.78 is 4.02. The number of carbonyl (C=O) groups is 3. The maximum absolute atomic E-state index is 14.3. The smallest absolute Gasteiger partial charge is 0.273 e. The van der Waals surface area contributed by atoms with E-state index in [0.29, 0.717) is 11.3 Å². The summed E-state index contributed by atoms with van der Waals surface area (Å²) in [6.45, 7) is 4.10. The zero-order chi connectivity index (χ0) is 29.0. The number of rotatable bonds is 9. The van der Waals surface area contributed by atoms with Crippen molar-refractivity contribution in [3.05, 3.63) is 106 Å². The van der Waals surface area contributed by atoms with E-state index in [4.69, 9.17) is 11.5 Å². The van der Waals surface area contributed by atoms with Gasteiger partial charge in [0.25, 0.3) is 11.8 Å². The molecule has 0 saturated heterocycles. The van der Waals surface area contributed by atoms with Crippen molar-refractivity contribution in [2.75, 3.05) is 29.6 Å². The molecule has 206 valence electrons. The normalized spacial score (nSPS) is 11.5. The van der Waals surface area contributed by atoms with E-state index in [-0.39, 0.29) is 28.7 Å². The topological polar surface area (TPSA) is 135 Å². The van der Waals surface area contributed by atoms with Crippen molar-refractivity contribution in [2.24, 2.45) is 5.73 Å². The number of aromatic nitrogens is 1. The zero-order valence-electron chi connectivity index (χ0n) is 22.8. The number of benzene rings is 3. The highest BCUT2D eigenvalue weighted by Crippen LogP contribution is 2.35. The zero-order valence-corrected chi connectivity index (χ0v) is 23.7. The van der Waals surface area contributed by atoms with Gasteiger partial charge in [-0.3, -0.25) is 19.3 Å². The number of primary amides is 1. The van der Waals surface area contributed by atoms with Gasteiger partial charge in [0.15, 0.2) is 5.69 Å². The number of nitrogen functional groups attached to an aromatic ring is 1. The largest absolute Gasteiger partial charge is 0.395 e. The maximum atomic E-state index is 14.3. The molecular weight excluding hydrogens is 524 g/mol. The molecule has 0 aliphatic rings. The predicted octanol–water partition coefficient (Wildman–Crippen LogP) is 4.21. The molecule has 0 aliphatic carbocycles. The second-order valence-electron chi connectivity index (χ2n) is 9.70. The molecular formula is C30H32N6O3S. The standard InChI is InChI=1S/C30H32N6O3S/c1-18-10-15-23(19(2)16-18)36(30(39)27-24(31)25(28(32)37)34-40-27)26(21-11-13-22(14-12-21)35(3)4)29(38)33-17-20-8-6-5-7-9-20/h5-16,26H,17,31H2,1-4H3,(H2,32,37)(H,33,38). The SMILES string of the molecule is Cc1ccc(N(C(=O)c2snc(C(N)=O)c2N)C(C(=O)NCc2ccccc2)c2ccc(N(C)C)cc2)c(C)c1. The monoisotopic (exact) mass is 556 g/mol. The molecule has 3 amide bonds. The minimum atomic E-state index is -1.06. The van der Waals surface area contributed by atoms with Crippen LogP contribution in [0.15, 0.2) is 72.8 Å². The molecule has 40 heavy (non-hydrogen) atoms. The van der Waals surface area contributed by atoms with Gasteiger partial charge in [-0.25, -0.2) is 0 Å². The second-order valence-corrected chi connectivity index (χ2v) is 10.5. The average molecular weight is 557 g/mol. The molecule has 0 saturated carbocycles. The van der Waals surface area contributed by atoms with Gasteiger partial charge >= 0.3 is 0 Å². The number of nitrogens with zero attached hydrogens (tertiary/aromatic N) is 3. The predicted molar refractivity (Wildman–Crippen MR) is 160 cm³/mol. The van der Waals surface area contributed by atoms with E-state index >= 15 is 0 Å². The number of anilines is 3. The van der Waals surface area contributed by atoms with E-state index < -0.39 is 17.9 Å². The fourth-order valence-electron chi connectivity index (χ4n) is 4.43. The number of hydrogen-bond acceptors (Lipinski definition) is 7. The van der Waals surface area contributed by atoms with Gasteiger partial charge in [-0.05, 0) is 60.3 Å². The van der Waals surface area contributed by atoms with Crippen LogP contribution in [0.5, 0.6) is 0 Å². The van der Waals surface area contributed by atoms with Gasteiger partial charge in [-0.15, -0.1) is 0 Å². The summed E-state index contributed by atoms with van der Waals surface area (Å²) in [6, 6.07) is 21.5. The number of nitrogens with two attached hydrogens (primary N) is 2. The van der Waals surface area contributed by atoms with E-state index in [1.807, 2.05) is 99.6 Å². The summed E-state index contributed by atoms with van der Waals surface area (Å²) in [4.78, 5) is 43.6. The molecule has 9 nitrogen and oxygen atoms in total. The summed E-state index contributed by atoms with van der Waals surface area (Å²) in [5, 5.41) is 3.00. The van der Waals surface area contributed by atoms with Crippen LogP contribution in [-0.2, 0) is 11.3 Å². The van der Waals surface area contributed by atoms with Crippen molar-refractivity contribution in [3.8, 4) is 0 Å². The number of nitrogens with one attached hydrogen (secondary N) is 1. The number of hydrogen-bond donors (Lipinski definition) is 3. The lowest BCUT2D eigenvalue weighted by atomic mass is 10.00. The van der Waals surface area contributed by atoms with Crippen molar-refractivity contribution >= 4 is 46.3 Å². The third-order valence-electron chi connectivity index (χ3n) is 6.53. The highest BCUT2D eigenvalue weighted by Gasteiger charge is 2.36. The van der Waals surface area contributed by atoms with Crippen LogP contribution in [0.4, 0.5) is 17.1 Å². The van der Waals surface area contributed by atoms with Crippen LogP contribution in [0.1, 0.15) is 48.5 Å². The van der Waals surface area contributed by atoms with Crippen molar-refractivity contribution in [1.29, 1.82) is 0 Å². The fraction of sp³-hybridized carbons (Fsp3) is 0.200. The van der Waals surface area contributed by atoms with Crippen LogP contribution in [-0.4, -0.2) is 36.2 Å². The number of aryl methyl sites for hydroxylation is 2. The Morgan fingerprint density at radius 2 is 1.65 bits per heavy atom. The van der Waals surface area contributed by atoms with Gasteiger partial charge in [0, 0.05) is 32.0 Å². The van der Waals surface area contributed by atoms with E-state index in [1.165, 1.54) is 4.90 Å². The first kappa shape index (κ1) is 28.3. The average Bonchev–Trinajstić information content (AvgIpc) is 3.32. The second kappa shape index (κ2) is 12.0. The van der Waals surface area contributed by atoms with E-state index in [2.05, 4.69) is 9.69 Å². The minimum Gasteiger partial charge on any atom is -0.395 e. The van der Waals surface area contributed by atoms with Gasteiger partial charge in [0.05, 0.1) is 5.69 Å².